The summed E-state index contributed by atoms with van der Waals surface area (Å²) in [5.74, 6) is 0.877. The van der Waals surface area contributed by atoms with E-state index < -0.39 is 0 Å². The summed E-state index contributed by atoms with van der Waals surface area (Å²) in [4.78, 5) is 11.9. The van der Waals surface area contributed by atoms with Crippen LogP contribution in [0.3, 0.4) is 0 Å². The summed E-state index contributed by atoms with van der Waals surface area (Å²) in [7, 11) is 0. The summed E-state index contributed by atoms with van der Waals surface area (Å²) in [5, 5.41) is 0. The molecule has 1 heteroatoms. The fraction of sp³-hybridized carbons (Fsp3) is 0.750. The predicted molar refractivity (Wildman–Crippen MR) is 53.5 cm³/mol. The quantitative estimate of drug-likeness (QED) is 0.556. The molecule has 72 valence electrons. The molecule has 0 aromatic carbocycles. The molecule has 13 heavy (non-hydrogen) atoms. The van der Waals surface area contributed by atoms with Crippen LogP contribution in [0, 0.1) is 5.92 Å². The first-order valence-electron chi connectivity index (χ1n) is 5.52. The molecule has 0 saturated heterocycles. The van der Waals surface area contributed by atoms with Crippen molar-refractivity contribution in [1.82, 2.24) is 0 Å². The van der Waals surface area contributed by atoms with Gasteiger partial charge >= 0.3 is 0 Å². The molecule has 1 unspecified atom stereocenters. The van der Waals surface area contributed by atoms with Gasteiger partial charge in [-0.1, -0.05) is 18.4 Å². The van der Waals surface area contributed by atoms with Gasteiger partial charge in [0, 0.05) is 5.92 Å². The average molecular weight is 178 g/mol. The van der Waals surface area contributed by atoms with E-state index in [0.717, 1.165) is 19.3 Å². The van der Waals surface area contributed by atoms with Crippen LogP contribution in [-0.4, -0.2) is 5.78 Å². The molecule has 0 aromatic heterocycles. The standard InChI is InChI=1S/C12H18O/c1-9-7-8-10-5-3-2-4-6-11(9)12(10)13/h10H,2-8H2,1H3. The molecule has 1 atom stereocenters. The van der Waals surface area contributed by atoms with Gasteiger partial charge in [0.15, 0.2) is 5.78 Å². The fourth-order valence-electron chi connectivity index (χ4n) is 2.61. The molecule has 0 spiro atoms. The highest BCUT2D eigenvalue weighted by Gasteiger charge is 2.28. The Balaban J connectivity index is 2.25. The van der Waals surface area contributed by atoms with Crippen molar-refractivity contribution in [3.8, 4) is 0 Å². The maximum atomic E-state index is 11.9. The predicted octanol–water partition coefficient (Wildman–Crippen LogP) is 3.25. The number of hydrogen-bond acceptors (Lipinski definition) is 1. The Labute approximate surface area is 80.2 Å². The van der Waals surface area contributed by atoms with Gasteiger partial charge < -0.3 is 0 Å². The molecular weight excluding hydrogens is 160 g/mol. The van der Waals surface area contributed by atoms with Gasteiger partial charge in [0.05, 0.1) is 0 Å². The number of hydrogen-bond donors (Lipinski definition) is 0. The molecule has 2 rings (SSSR count). The number of allylic oxidation sites excluding steroid dienone is 2. The molecule has 2 aliphatic carbocycles. The zero-order chi connectivity index (χ0) is 9.26. The van der Waals surface area contributed by atoms with Gasteiger partial charge in [-0.15, -0.1) is 0 Å². The van der Waals surface area contributed by atoms with Gasteiger partial charge in [-0.3, -0.25) is 4.79 Å². The molecular formula is C12H18O. The first kappa shape index (κ1) is 8.98. The molecule has 0 aliphatic heterocycles. The van der Waals surface area contributed by atoms with E-state index in [1.807, 2.05) is 0 Å². The summed E-state index contributed by atoms with van der Waals surface area (Å²) >= 11 is 0. The molecule has 2 aliphatic rings. The van der Waals surface area contributed by atoms with Crippen LogP contribution in [0.1, 0.15) is 51.9 Å². The molecule has 0 aromatic rings. The molecule has 0 N–H and O–H groups in total. The van der Waals surface area contributed by atoms with Crippen molar-refractivity contribution in [2.45, 2.75) is 51.9 Å². The number of fused-ring (bicyclic) bond motifs is 2. The Kier molecular flexibility index (Phi) is 2.52. The Morgan fingerprint density at radius 1 is 1.08 bits per heavy atom. The maximum absolute atomic E-state index is 11.9. The third-order valence-electron chi connectivity index (χ3n) is 3.53. The summed E-state index contributed by atoms with van der Waals surface area (Å²) in [6.45, 7) is 2.14. The molecule has 0 heterocycles. The molecule has 1 nitrogen and oxygen atoms in total. The summed E-state index contributed by atoms with van der Waals surface area (Å²) in [6.07, 6.45) is 8.31. The molecule has 2 bridgehead atoms. The average Bonchev–Trinajstić information content (AvgIpc) is 2.11. The first-order valence-corrected chi connectivity index (χ1v) is 5.52. The van der Waals surface area contributed by atoms with Gasteiger partial charge in [0.1, 0.15) is 0 Å². The van der Waals surface area contributed by atoms with E-state index in [2.05, 4.69) is 6.92 Å². The second-order valence-electron chi connectivity index (χ2n) is 4.46. The fourth-order valence-corrected chi connectivity index (χ4v) is 2.61. The zero-order valence-corrected chi connectivity index (χ0v) is 8.44. The lowest BCUT2D eigenvalue weighted by molar-refractivity contribution is -0.120. The van der Waals surface area contributed by atoms with Gasteiger partial charge in [0.25, 0.3) is 0 Å². The Morgan fingerprint density at radius 3 is 2.77 bits per heavy atom. The molecule has 0 amide bonds. The van der Waals surface area contributed by atoms with Crippen molar-refractivity contribution in [3.05, 3.63) is 11.1 Å². The molecule has 1 fully saturated rings. The van der Waals surface area contributed by atoms with Crippen molar-refractivity contribution in [1.29, 1.82) is 0 Å². The van der Waals surface area contributed by atoms with Gasteiger partial charge in [-0.25, -0.2) is 0 Å². The summed E-state index contributed by atoms with van der Waals surface area (Å²) < 4.78 is 0. The van der Waals surface area contributed by atoms with Crippen molar-refractivity contribution in [3.63, 3.8) is 0 Å². The van der Waals surface area contributed by atoms with Crippen LogP contribution in [0.5, 0.6) is 0 Å². The zero-order valence-electron chi connectivity index (χ0n) is 8.44. The minimum Gasteiger partial charge on any atom is -0.294 e. The number of carbonyl (C=O) groups excluding carboxylic acids is 1. The topological polar surface area (TPSA) is 17.1 Å². The Hall–Kier alpha value is -0.590. The third-order valence-corrected chi connectivity index (χ3v) is 3.53. The van der Waals surface area contributed by atoms with Crippen LogP contribution in [0.2, 0.25) is 0 Å². The lowest BCUT2D eigenvalue weighted by Gasteiger charge is -2.26. The Morgan fingerprint density at radius 2 is 1.92 bits per heavy atom. The molecule has 0 radical (unpaired) electrons. The summed E-state index contributed by atoms with van der Waals surface area (Å²) in [6, 6.07) is 0. The van der Waals surface area contributed by atoms with Crippen LogP contribution < -0.4 is 0 Å². The van der Waals surface area contributed by atoms with E-state index in [9.17, 15) is 4.79 Å². The maximum Gasteiger partial charge on any atom is 0.161 e. The number of Topliss-reactive ketones (excluding diaryl/α,β-unsaturated/α-hetero) is 1. The largest absolute Gasteiger partial charge is 0.294 e. The van der Waals surface area contributed by atoms with Crippen molar-refractivity contribution in [2.75, 3.05) is 0 Å². The lowest BCUT2D eigenvalue weighted by atomic mass is 9.77. The van der Waals surface area contributed by atoms with Crippen LogP contribution in [-0.2, 0) is 4.79 Å². The van der Waals surface area contributed by atoms with Crippen LogP contribution >= 0.6 is 0 Å². The lowest BCUT2D eigenvalue weighted by Crippen LogP contribution is -2.23. The highest BCUT2D eigenvalue weighted by atomic mass is 16.1. The third kappa shape index (κ3) is 1.70. The summed E-state index contributed by atoms with van der Waals surface area (Å²) in [5.41, 5.74) is 2.57. The number of rotatable bonds is 0. The van der Waals surface area contributed by atoms with E-state index in [0.29, 0.717) is 11.7 Å². The highest BCUT2D eigenvalue weighted by molar-refractivity contribution is 5.98. The van der Waals surface area contributed by atoms with E-state index >= 15 is 0 Å². The van der Waals surface area contributed by atoms with E-state index in [4.69, 9.17) is 0 Å². The minimum atomic E-state index is 0.388. The van der Waals surface area contributed by atoms with Gasteiger partial charge in [0.2, 0.25) is 0 Å². The van der Waals surface area contributed by atoms with Crippen molar-refractivity contribution < 1.29 is 4.79 Å². The van der Waals surface area contributed by atoms with Crippen molar-refractivity contribution in [2.24, 2.45) is 5.92 Å². The molecule has 1 saturated carbocycles. The van der Waals surface area contributed by atoms with Crippen LogP contribution in [0.25, 0.3) is 0 Å². The SMILES string of the molecule is CC1=C2CCCCCC(CC1)C2=O. The number of ketones is 1. The second-order valence-corrected chi connectivity index (χ2v) is 4.46. The van der Waals surface area contributed by atoms with E-state index in [1.165, 1.54) is 36.8 Å². The highest BCUT2D eigenvalue weighted by Crippen LogP contribution is 2.34. The normalized spacial score (nSPS) is 29.9. The van der Waals surface area contributed by atoms with Crippen LogP contribution in [0.15, 0.2) is 11.1 Å². The van der Waals surface area contributed by atoms with Gasteiger partial charge in [-0.2, -0.15) is 0 Å². The van der Waals surface area contributed by atoms with Gasteiger partial charge in [-0.05, 0) is 44.6 Å². The second kappa shape index (κ2) is 3.65. The van der Waals surface area contributed by atoms with E-state index in [-0.39, 0.29) is 0 Å². The number of carbonyl (C=O) groups is 1. The smallest absolute Gasteiger partial charge is 0.161 e. The minimum absolute atomic E-state index is 0.388. The Bertz CT molecular complexity index is 250. The monoisotopic (exact) mass is 178 g/mol. The van der Waals surface area contributed by atoms with Crippen LogP contribution in [0.4, 0.5) is 0 Å². The first-order chi connectivity index (χ1) is 6.29. The van der Waals surface area contributed by atoms with E-state index in [1.54, 1.807) is 0 Å². The van der Waals surface area contributed by atoms with Crippen molar-refractivity contribution >= 4 is 5.78 Å².